The monoisotopic (exact) mass is 449 g/mol. The van der Waals surface area contributed by atoms with Gasteiger partial charge < -0.3 is 14.5 Å². The average Bonchev–Trinajstić information content (AvgIpc) is 3.19. The average molecular weight is 450 g/mol. The fourth-order valence-corrected chi connectivity index (χ4v) is 4.24. The van der Waals surface area contributed by atoms with Crippen molar-refractivity contribution in [2.75, 3.05) is 59.3 Å². The molecule has 0 amide bonds. The molecule has 0 spiro atoms. The molecule has 0 radical (unpaired) electrons. The van der Waals surface area contributed by atoms with Crippen LogP contribution in [0.3, 0.4) is 0 Å². The highest BCUT2D eigenvalue weighted by Gasteiger charge is 2.30. The van der Waals surface area contributed by atoms with Gasteiger partial charge in [0.2, 0.25) is 0 Å². The summed E-state index contributed by atoms with van der Waals surface area (Å²) in [4.78, 5) is 16.0. The van der Waals surface area contributed by atoms with Crippen molar-refractivity contribution in [3.8, 4) is 16.9 Å². The Kier molecular flexibility index (Phi) is 5.59. The van der Waals surface area contributed by atoms with Crippen LogP contribution in [0.15, 0.2) is 43.0 Å². The van der Waals surface area contributed by atoms with E-state index in [-0.39, 0.29) is 5.75 Å². The molecule has 0 saturated carbocycles. The second kappa shape index (κ2) is 8.57. The number of likely N-dealkylation sites (N-methyl/N-ethyl adjacent to an activating group) is 2. The van der Waals surface area contributed by atoms with E-state index < -0.39 is 5.82 Å². The van der Waals surface area contributed by atoms with Gasteiger partial charge in [-0.2, -0.15) is 5.10 Å². The molecular weight excluding hydrogens is 421 g/mol. The minimum atomic E-state index is -0.433. The number of ether oxygens (including phenoxy) is 1. The number of rotatable bonds is 7. The summed E-state index contributed by atoms with van der Waals surface area (Å²) in [6.07, 6.45) is 7.39. The van der Waals surface area contributed by atoms with Gasteiger partial charge in [-0.15, -0.1) is 0 Å². The molecule has 8 nitrogen and oxygen atoms in total. The maximum atomic E-state index is 14.2. The topological polar surface area (TPSA) is 62.0 Å². The van der Waals surface area contributed by atoms with Gasteiger partial charge in [-0.1, -0.05) is 0 Å². The molecule has 0 aliphatic carbocycles. The van der Waals surface area contributed by atoms with Crippen LogP contribution in [-0.4, -0.2) is 89.9 Å². The number of aromatic nitrogens is 4. The molecule has 1 saturated heterocycles. The summed E-state index contributed by atoms with van der Waals surface area (Å²) in [5, 5.41) is 5.35. The number of hydrogen-bond acceptors (Lipinski definition) is 7. The molecule has 33 heavy (non-hydrogen) atoms. The Morgan fingerprint density at radius 2 is 1.91 bits per heavy atom. The van der Waals surface area contributed by atoms with Crippen molar-refractivity contribution >= 4 is 22.2 Å². The second-order valence-corrected chi connectivity index (χ2v) is 8.84. The quantitative estimate of drug-likeness (QED) is 0.430. The van der Waals surface area contributed by atoms with Crippen LogP contribution in [0, 0.1) is 5.82 Å². The van der Waals surface area contributed by atoms with Crippen LogP contribution in [0.2, 0.25) is 0 Å². The van der Waals surface area contributed by atoms with Crippen molar-refractivity contribution in [3.05, 3.63) is 48.8 Å². The summed E-state index contributed by atoms with van der Waals surface area (Å²) in [7, 11) is 7.85. The number of benzene rings is 1. The van der Waals surface area contributed by atoms with Crippen molar-refractivity contribution in [2.24, 2.45) is 0 Å². The Balaban J connectivity index is 1.40. The molecule has 172 valence electrons. The number of nitrogens with zero attached hydrogens (tertiary/aromatic N) is 7. The van der Waals surface area contributed by atoms with Crippen LogP contribution < -0.4 is 9.64 Å². The van der Waals surface area contributed by atoms with Crippen molar-refractivity contribution in [2.45, 2.75) is 6.04 Å². The van der Waals surface area contributed by atoms with E-state index in [0.29, 0.717) is 11.6 Å². The lowest BCUT2D eigenvalue weighted by molar-refractivity contribution is 0.187. The van der Waals surface area contributed by atoms with E-state index in [2.05, 4.69) is 45.9 Å². The molecule has 0 N–H and O–H groups in total. The van der Waals surface area contributed by atoms with Gasteiger partial charge in [0.1, 0.15) is 0 Å². The molecule has 3 aromatic heterocycles. The fourth-order valence-electron chi connectivity index (χ4n) is 4.24. The smallest absolute Gasteiger partial charge is 0.167 e. The lowest BCUT2D eigenvalue weighted by atomic mass is 10.0. The van der Waals surface area contributed by atoms with E-state index in [1.807, 2.05) is 18.5 Å². The minimum Gasteiger partial charge on any atom is -0.494 e. The third-order valence-corrected chi connectivity index (χ3v) is 6.40. The first-order valence-electron chi connectivity index (χ1n) is 11.0. The van der Waals surface area contributed by atoms with Crippen molar-refractivity contribution in [3.63, 3.8) is 0 Å². The zero-order chi connectivity index (χ0) is 23.1. The number of hydrogen-bond donors (Lipinski definition) is 0. The molecule has 5 rings (SSSR count). The van der Waals surface area contributed by atoms with Gasteiger partial charge in [0.05, 0.1) is 36.9 Å². The zero-order valence-corrected chi connectivity index (χ0v) is 19.4. The molecular formula is C24H28FN7O. The summed E-state index contributed by atoms with van der Waals surface area (Å²) in [5.74, 6) is -0.246. The van der Waals surface area contributed by atoms with Crippen LogP contribution in [0.1, 0.15) is 0 Å². The van der Waals surface area contributed by atoms with Gasteiger partial charge in [0, 0.05) is 55.4 Å². The number of anilines is 1. The first-order chi connectivity index (χ1) is 15.9. The zero-order valence-electron chi connectivity index (χ0n) is 19.4. The molecule has 0 unspecified atom stereocenters. The van der Waals surface area contributed by atoms with Crippen molar-refractivity contribution in [1.82, 2.24) is 29.4 Å². The number of methoxy groups -OCH3 is 1. The number of halogens is 1. The third kappa shape index (κ3) is 3.98. The van der Waals surface area contributed by atoms with E-state index in [0.717, 1.165) is 54.0 Å². The Hall–Kier alpha value is -3.30. The third-order valence-electron chi connectivity index (χ3n) is 6.40. The highest BCUT2D eigenvalue weighted by molar-refractivity contribution is 5.98. The number of fused-ring (bicyclic) bond motifs is 2. The summed E-state index contributed by atoms with van der Waals surface area (Å²) < 4.78 is 21.1. The van der Waals surface area contributed by atoms with E-state index in [1.54, 1.807) is 23.0 Å². The van der Waals surface area contributed by atoms with Crippen molar-refractivity contribution in [1.29, 1.82) is 0 Å². The van der Waals surface area contributed by atoms with Gasteiger partial charge >= 0.3 is 0 Å². The fraction of sp³-hybridized carbons (Fsp3) is 0.375. The standard InChI is InChI=1S/C24H28FN7O/c1-29(2)7-8-30(3)17-13-31(14-17)16-11-27-24-20(12-28-32(24)15-16)18-5-6-26-22-10-21(25)23(33-4)9-19(18)22/h5-6,9-12,15,17H,7-8,13-14H2,1-4H3. The predicted octanol–water partition coefficient (Wildman–Crippen LogP) is 2.77. The Labute approximate surface area is 192 Å². The largest absolute Gasteiger partial charge is 0.494 e. The predicted molar refractivity (Wildman–Crippen MR) is 127 cm³/mol. The van der Waals surface area contributed by atoms with E-state index in [1.165, 1.54) is 13.2 Å². The van der Waals surface area contributed by atoms with Crippen LogP contribution in [0.5, 0.6) is 5.75 Å². The highest BCUT2D eigenvalue weighted by atomic mass is 19.1. The van der Waals surface area contributed by atoms with Crippen molar-refractivity contribution < 1.29 is 9.13 Å². The van der Waals surface area contributed by atoms with Crippen LogP contribution >= 0.6 is 0 Å². The Bertz CT molecular complexity index is 1300. The van der Waals surface area contributed by atoms with Gasteiger partial charge in [0.25, 0.3) is 0 Å². The van der Waals surface area contributed by atoms with Crippen LogP contribution in [0.25, 0.3) is 27.7 Å². The molecule has 0 atom stereocenters. The summed E-state index contributed by atoms with van der Waals surface area (Å²) in [6.45, 7) is 4.07. The highest BCUT2D eigenvalue weighted by Crippen LogP contribution is 2.34. The molecule has 1 aliphatic rings. The van der Waals surface area contributed by atoms with Crippen LogP contribution in [-0.2, 0) is 0 Å². The Morgan fingerprint density at radius 1 is 1.09 bits per heavy atom. The van der Waals surface area contributed by atoms with Gasteiger partial charge in [-0.25, -0.2) is 13.9 Å². The molecule has 1 aliphatic heterocycles. The molecule has 1 aromatic carbocycles. The maximum absolute atomic E-state index is 14.2. The maximum Gasteiger partial charge on any atom is 0.167 e. The summed E-state index contributed by atoms with van der Waals surface area (Å²) >= 11 is 0. The summed E-state index contributed by atoms with van der Waals surface area (Å²) in [6, 6.07) is 5.52. The minimum absolute atomic E-state index is 0.186. The molecule has 0 bridgehead atoms. The normalized spacial score (nSPS) is 14.6. The molecule has 4 heterocycles. The van der Waals surface area contributed by atoms with E-state index >= 15 is 0 Å². The van der Waals surface area contributed by atoms with Gasteiger partial charge in [-0.3, -0.25) is 9.88 Å². The van der Waals surface area contributed by atoms with E-state index in [4.69, 9.17) is 9.72 Å². The second-order valence-electron chi connectivity index (χ2n) is 8.84. The first kappa shape index (κ1) is 21.5. The Morgan fingerprint density at radius 3 is 2.67 bits per heavy atom. The number of pyridine rings is 1. The lowest BCUT2D eigenvalue weighted by Gasteiger charge is -2.45. The van der Waals surface area contributed by atoms with E-state index in [9.17, 15) is 4.39 Å². The molecule has 9 heteroatoms. The van der Waals surface area contributed by atoms with Crippen LogP contribution in [0.4, 0.5) is 10.1 Å². The first-order valence-corrected chi connectivity index (χ1v) is 11.0. The van der Waals surface area contributed by atoms with Gasteiger partial charge in [-0.05, 0) is 38.8 Å². The lowest BCUT2D eigenvalue weighted by Crippen LogP contribution is -2.59. The molecule has 1 fully saturated rings. The molecule has 4 aromatic rings. The SMILES string of the molecule is COc1cc2c(-c3cnn4cc(N5CC(N(C)CCN(C)C)C5)cnc34)ccnc2cc1F. The van der Waals surface area contributed by atoms with Gasteiger partial charge in [0.15, 0.2) is 17.2 Å². The summed E-state index contributed by atoms with van der Waals surface area (Å²) in [5.41, 5.74) is 4.12.